The van der Waals surface area contributed by atoms with Crippen molar-refractivity contribution in [3.05, 3.63) is 52.8 Å². The van der Waals surface area contributed by atoms with Gasteiger partial charge in [0.1, 0.15) is 0 Å². The number of hydrogen-bond donors (Lipinski definition) is 0. The van der Waals surface area contributed by atoms with Crippen LogP contribution < -0.4 is 0 Å². The highest BCUT2D eigenvalue weighted by molar-refractivity contribution is 7.80. The monoisotopic (exact) mass is 326 g/mol. The summed E-state index contributed by atoms with van der Waals surface area (Å²) < 4.78 is 2.08. The van der Waals surface area contributed by atoms with Crippen molar-refractivity contribution in [2.24, 2.45) is 0 Å². The van der Waals surface area contributed by atoms with Crippen LogP contribution in [0.5, 0.6) is 0 Å². The minimum atomic E-state index is 0.104. The van der Waals surface area contributed by atoms with Gasteiger partial charge in [-0.2, -0.15) is 5.10 Å². The number of fused-ring (bicyclic) bond motifs is 1. The van der Waals surface area contributed by atoms with E-state index in [9.17, 15) is 4.79 Å². The first-order valence-corrected chi connectivity index (χ1v) is 8.77. The summed E-state index contributed by atoms with van der Waals surface area (Å²) in [6, 6.07) is 9.39. The van der Waals surface area contributed by atoms with Gasteiger partial charge in [-0.1, -0.05) is 42.5 Å². The van der Waals surface area contributed by atoms with E-state index in [-0.39, 0.29) is 5.78 Å². The van der Waals surface area contributed by atoms with E-state index in [0.29, 0.717) is 12.8 Å². The van der Waals surface area contributed by atoms with Crippen LogP contribution in [0.25, 0.3) is 0 Å². The molecule has 0 spiro atoms. The molecule has 0 saturated carbocycles. The van der Waals surface area contributed by atoms with Crippen LogP contribution in [-0.4, -0.2) is 20.4 Å². The molecule has 0 aliphatic heterocycles. The SMILES string of the molecule is CCn1nc2c(c1CC(=S)CC(=O)c1ccccc1)CCCC2. The lowest BCUT2D eigenvalue weighted by atomic mass is 9.94. The molecule has 1 aromatic carbocycles. The molecule has 0 amide bonds. The summed E-state index contributed by atoms with van der Waals surface area (Å²) in [6.07, 6.45) is 5.65. The molecule has 0 saturated heterocycles. The van der Waals surface area contributed by atoms with Gasteiger partial charge in [0.15, 0.2) is 5.78 Å². The predicted octanol–water partition coefficient (Wildman–Crippen LogP) is 3.97. The number of rotatable bonds is 6. The van der Waals surface area contributed by atoms with Crippen LogP contribution in [0.3, 0.4) is 0 Å². The summed E-state index contributed by atoms with van der Waals surface area (Å²) in [5.41, 5.74) is 4.59. The second-order valence-corrected chi connectivity index (χ2v) is 6.65. The number of Topliss-reactive ketones (excluding diaryl/α,β-unsaturated/α-hetero) is 1. The van der Waals surface area contributed by atoms with Gasteiger partial charge < -0.3 is 0 Å². The van der Waals surface area contributed by atoms with Crippen molar-refractivity contribution in [3.8, 4) is 0 Å². The largest absolute Gasteiger partial charge is 0.294 e. The summed E-state index contributed by atoms with van der Waals surface area (Å²) in [4.78, 5) is 13.1. The van der Waals surface area contributed by atoms with Crippen molar-refractivity contribution in [2.45, 2.75) is 52.0 Å². The Bertz CT molecular complexity index is 718. The first-order valence-electron chi connectivity index (χ1n) is 8.36. The third-order valence-corrected chi connectivity index (χ3v) is 4.75. The Balaban J connectivity index is 1.73. The van der Waals surface area contributed by atoms with E-state index in [1.165, 1.54) is 29.8 Å². The van der Waals surface area contributed by atoms with Crippen LogP contribution in [-0.2, 0) is 25.8 Å². The molecule has 0 atom stereocenters. The summed E-state index contributed by atoms with van der Waals surface area (Å²) in [7, 11) is 0. The third kappa shape index (κ3) is 3.58. The molecule has 1 aromatic heterocycles. The third-order valence-electron chi connectivity index (χ3n) is 4.46. The summed E-state index contributed by atoms with van der Waals surface area (Å²) in [5, 5.41) is 4.73. The van der Waals surface area contributed by atoms with Crippen LogP contribution in [0, 0.1) is 0 Å². The zero-order valence-corrected chi connectivity index (χ0v) is 14.4. The fourth-order valence-electron chi connectivity index (χ4n) is 3.29. The van der Waals surface area contributed by atoms with Gasteiger partial charge in [-0.05, 0) is 38.2 Å². The maximum absolute atomic E-state index is 12.3. The minimum absolute atomic E-state index is 0.104. The van der Waals surface area contributed by atoms with E-state index in [1.807, 2.05) is 30.3 Å². The maximum atomic E-state index is 12.3. The molecule has 3 nitrogen and oxygen atoms in total. The van der Waals surface area contributed by atoms with E-state index < -0.39 is 0 Å². The van der Waals surface area contributed by atoms with Crippen molar-refractivity contribution in [1.82, 2.24) is 9.78 Å². The quantitative estimate of drug-likeness (QED) is 0.595. The number of nitrogens with zero attached hydrogens (tertiary/aromatic N) is 2. The standard InChI is InChI=1S/C19H22N2OS/c1-2-21-18(16-10-6-7-11-17(16)20-21)12-15(23)13-19(22)14-8-4-3-5-9-14/h3-5,8-9H,2,6-7,10-13H2,1H3. The molecular formula is C19H22N2OS. The predicted molar refractivity (Wildman–Crippen MR) is 96.2 cm³/mol. The Labute approximate surface area is 142 Å². The average Bonchev–Trinajstić information content (AvgIpc) is 2.93. The van der Waals surface area contributed by atoms with Gasteiger partial charge in [-0.25, -0.2) is 0 Å². The number of thiocarbonyl (C=S) groups is 1. The van der Waals surface area contributed by atoms with Gasteiger partial charge in [-0.3, -0.25) is 9.48 Å². The van der Waals surface area contributed by atoms with Crippen molar-refractivity contribution in [3.63, 3.8) is 0 Å². The molecule has 120 valence electrons. The van der Waals surface area contributed by atoms with E-state index >= 15 is 0 Å². The van der Waals surface area contributed by atoms with Crippen molar-refractivity contribution in [1.29, 1.82) is 0 Å². The molecule has 1 aliphatic rings. The molecule has 2 aromatic rings. The van der Waals surface area contributed by atoms with Crippen molar-refractivity contribution in [2.75, 3.05) is 0 Å². The normalized spacial score (nSPS) is 13.6. The summed E-state index contributed by atoms with van der Waals surface area (Å²) in [6.45, 7) is 2.97. The molecule has 1 aliphatic carbocycles. The molecule has 23 heavy (non-hydrogen) atoms. The van der Waals surface area contributed by atoms with Crippen LogP contribution in [0.4, 0.5) is 0 Å². The lowest BCUT2D eigenvalue weighted by Gasteiger charge is -2.12. The van der Waals surface area contributed by atoms with Crippen LogP contribution in [0.1, 0.15) is 53.5 Å². The number of ketones is 1. The van der Waals surface area contributed by atoms with E-state index in [2.05, 4.69) is 11.6 Å². The van der Waals surface area contributed by atoms with Crippen LogP contribution in [0.15, 0.2) is 30.3 Å². The molecule has 0 N–H and O–H groups in total. The average molecular weight is 326 g/mol. The molecule has 3 rings (SSSR count). The molecular weight excluding hydrogens is 304 g/mol. The van der Waals surface area contributed by atoms with Gasteiger partial charge in [0.05, 0.1) is 5.69 Å². The molecule has 0 unspecified atom stereocenters. The number of hydrogen-bond acceptors (Lipinski definition) is 3. The molecule has 1 heterocycles. The lowest BCUT2D eigenvalue weighted by Crippen LogP contribution is -2.13. The van der Waals surface area contributed by atoms with Crippen LogP contribution in [0.2, 0.25) is 0 Å². The number of aryl methyl sites for hydroxylation is 2. The van der Waals surface area contributed by atoms with Gasteiger partial charge in [0.2, 0.25) is 0 Å². The number of carbonyl (C=O) groups is 1. The summed E-state index contributed by atoms with van der Waals surface area (Å²) in [5.74, 6) is 0.104. The minimum Gasteiger partial charge on any atom is -0.294 e. The fraction of sp³-hybridized carbons (Fsp3) is 0.421. The Kier molecular flexibility index (Phi) is 5.01. The fourth-order valence-corrected chi connectivity index (χ4v) is 3.55. The van der Waals surface area contributed by atoms with Crippen molar-refractivity contribution < 1.29 is 4.79 Å². The molecule has 4 heteroatoms. The number of aromatic nitrogens is 2. The zero-order valence-electron chi connectivity index (χ0n) is 13.5. The maximum Gasteiger partial charge on any atom is 0.167 e. The summed E-state index contributed by atoms with van der Waals surface area (Å²) >= 11 is 5.53. The zero-order chi connectivity index (χ0) is 16.2. The van der Waals surface area contributed by atoms with Crippen LogP contribution >= 0.6 is 12.2 Å². The highest BCUT2D eigenvalue weighted by atomic mass is 32.1. The lowest BCUT2D eigenvalue weighted by molar-refractivity contribution is 0.100. The van der Waals surface area contributed by atoms with E-state index in [4.69, 9.17) is 17.3 Å². The first kappa shape index (κ1) is 16.1. The van der Waals surface area contributed by atoms with E-state index in [1.54, 1.807) is 0 Å². The second kappa shape index (κ2) is 7.18. The van der Waals surface area contributed by atoms with Gasteiger partial charge in [0, 0.05) is 35.5 Å². The topological polar surface area (TPSA) is 34.9 Å². The Morgan fingerprint density at radius 1 is 1.22 bits per heavy atom. The molecule has 0 fully saturated rings. The van der Waals surface area contributed by atoms with Gasteiger partial charge >= 0.3 is 0 Å². The van der Waals surface area contributed by atoms with Gasteiger partial charge in [0.25, 0.3) is 0 Å². The highest BCUT2D eigenvalue weighted by Gasteiger charge is 2.21. The number of carbonyl (C=O) groups excluding carboxylic acids is 1. The first-order chi connectivity index (χ1) is 11.2. The van der Waals surface area contributed by atoms with Gasteiger partial charge in [-0.15, -0.1) is 0 Å². The highest BCUT2D eigenvalue weighted by Crippen LogP contribution is 2.25. The van der Waals surface area contributed by atoms with E-state index in [0.717, 1.165) is 29.8 Å². The number of benzene rings is 1. The van der Waals surface area contributed by atoms with Crippen molar-refractivity contribution >= 4 is 22.9 Å². The Hall–Kier alpha value is -1.81. The molecule has 0 radical (unpaired) electrons. The Morgan fingerprint density at radius 2 is 1.96 bits per heavy atom. The smallest absolute Gasteiger partial charge is 0.167 e. The molecule has 0 bridgehead atoms. The second-order valence-electron chi connectivity index (χ2n) is 6.08. The Morgan fingerprint density at radius 3 is 2.70 bits per heavy atom.